The first-order chi connectivity index (χ1) is 9.58. The van der Waals surface area contributed by atoms with E-state index in [1.54, 1.807) is 24.3 Å². The zero-order chi connectivity index (χ0) is 14.5. The maximum absolute atomic E-state index is 11.8. The van der Waals surface area contributed by atoms with E-state index in [9.17, 15) is 9.59 Å². The summed E-state index contributed by atoms with van der Waals surface area (Å²) in [5, 5.41) is 14.4. The highest BCUT2D eigenvalue weighted by Gasteiger charge is 2.30. The molecule has 0 radical (unpaired) electrons. The number of amides is 2. The van der Waals surface area contributed by atoms with Crippen LogP contribution in [0.1, 0.15) is 24.8 Å². The van der Waals surface area contributed by atoms with Gasteiger partial charge in [0.05, 0.1) is 5.92 Å². The van der Waals surface area contributed by atoms with E-state index in [0.717, 1.165) is 0 Å². The number of anilines is 1. The third kappa shape index (κ3) is 3.51. The SMILES string of the molecule is C#Cc1cccc(NC(=O)NC2CCC(C(=O)O)C2)c1. The number of carbonyl (C=O) groups is 2. The number of carboxylic acids is 1. The van der Waals surface area contributed by atoms with Crippen LogP contribution in [-0.4, -0.2) is 23.1 Å². The standard InChI is InChI=1S/C15H16N2O3/c1-2-10-4-3-5-12(8-10)16-15(20)17-13-7-6-11(9-13)14(18)19/h1,3-5,8,11,13H,6-7,9H2,(H,18,19)(H2,16,17,20). The molecule has 5 heteroatoms. The Balaban J connectivity index is 1.87. The number of carboxylic acid groups (broad SMARTS) is 1. The van der Waals surface area contributed by atoms with Crippen LogP contribution in [0.15, 0.2) is 24.3 Å². The molecule has 0 bridgehead atoms. The first-order valence-corrected chi connectivity index (χ1v) is 6.45. The lowest BCUT2D eigenvalue weighted by Gasteiger charge is -2.13. The highest BCUT2D eigenvalue weighted by molar-refractivity contribution is 5.89. The van der Waals surface area contributed by atoms with E-state index < -0.39 is 5.97 Å². The first-order valence-electron chi connectivity index (χ1n) is 6.45. The van der Waals surface area contributed by atoms with Crippen molar-refractivity contribution >= 4 is 17.7 Å². The molecule has 3 N–H and O–H groups in total. The van der Waals surface area contributed by atoms with E-state index in [1.807, 2.05) is 0 Å². The molecule has 1 saturated carbocycles. The predicted molar refractivity (Wildman–Crippen MR) is 75.3 cm³/mol. The van der Waals surface area contributed by atoms with Gasteiger partial charge in [-0.15, -0.1) is 6.42 Å². The molecular weight excluding hydrogens is 256 g/mol. The second kappa shape index (κ2) is 6.11. The van der Waals surface area contributed by atoms with Gasteiger partial charge < -0.3 is 15.7 Å². The van der Waals surface area contributed by atoms with Crippen molar-refractivity contribution in [1.29, 1.82) is 0 Å². The van der Waals surface area contributed by atoms with Crippen LogP contribution in [0.3, 0.4) is 0 Å². The third-order valence-electron chi connectivity index (χ3n) is 3.40. The molecule has 2 unspecified atom stereocenters. The normalized spacial score (nSPS) is 20.9. The molecule has 1 aromatic carbocycles. The summed E-state index contributed by atoms with van der Waals surface area (Å²) in [6.07, 6.45) is 7.06. The topological polar surface area (TPSA) is 78.4 Å². The number of aliphatic carboxylic acids is 1. The summed E-state index contributed by atoms with van der Waals surface area (Å²) < 4.78 is 0. The molecule has 1 aliphatic carbocycles. The van der Waals surface area contributed by atoms with Crippen molar-refractivity contribution in [2.24, 2.45) is 5.92 Å². The number of rotatable bonds is 3. The van der Waals surface area contributed by atoms with E-state index in [1.165, 1.54) is 0 Å². The Morgan fingerprint density at radius 1 is 1.35 bits per heavy atom. The Morgan fingerprint density at radius 3 is 2.80 bits per heavy atom. The molecule has 2 rings (SSSR count). The lowest BCUT2D eigenvalue weighted by Crippen LogP contribution is -2.36. The van der Waals surface area contributed by atoms with Crippen LogP contribution in [0, 0.1) is 18.3 Å². The number of nitrogens with one attached hydrogen (secondary N) is 2. The van der Waals surface area contributed by atoms with Crippen molar-refractivity contribution in [1.82, 2.24) is 5.32 Å². The number of hydrogen-bond acceptors (Lipinski definition) is 2. The number of terminal acetylenes is 1. The molecule has 2 atom stereocenters. The summed E-state index contributed by atoms with van der Waals surface area (Å²) in [4.78, 5) is 22.7. The molecule has 104 valence electrons. The smallest absolute Gasteiger partial charge is 0.319 e. The van der Waals surface area contributed by atoms with Gasteiger partial charge in [-0.3, -0.25) is 4.79 Å². The highest BCUT2D eigenvalue weighted by atomic mass is 16.4. The maximum Gasteiger partial charge on any atom is 0.319 e. The van der Waals surface area contributed by atoms with E-state index in [4.69, 9.17) is 11.5 Å². The van der Waals surface area contributed by atoms with Crippen molar-refractivity contribution in [3.05, 3.63) is 29.8 Å². The maximum atomic E-state index is 11.8. The molecule has 0 aliphatic heterocycles. The minimum Gasteiger partial charge on any atom is -0.481 e. The Morgan fingerprint density at radius 2 is 2.15 bits per heavy atom. The van der Waals surface area contributed by atoms with Crippen molar-refractivity contribution in [2.75, 3.05) is 5.32 Å². The van der Waals surface area contributed by atoms with Gasteiger partial charge in [0.15, 0.2) is 0 Å². The monoisotopic (exact) mass is 272 g/mol. The van der Waals surface area contributed by atoms with Crippen molar-refractivity contribution in [3.63, 3.8) is 0 Å². The van der Waals surface area contributed by atoms with Crippen LogP contribution in [-0.2, 0) is 4.79 Å². The molecule has 1 aromatic rings. The number of benzene rings is 1. The van der Waals surface area contributed by atoms with Crippen LogP contribution in [0.4, 0.5) is 10.5 Å². The second-order valence-corrected chi connectivity index (χ2v) is 4.87. The van der Waals surface area contributed by atoms with Crippen LogP contribution >= 0.6 is 0 Å². The van der Waals surface area contributed by atoms with Crippen molar-refractivity contribution in [2.45, 2.75) is 25.3 Å². The lowest BCUT2D eigenvalue weighted by molar-refractivity contribution is -0.141. The minimum absolute atomic E-state index is 0.0908. The molecule has 1 fully saturated rings. The lowest BCUT2D eigenvalue weighted by atomic mass is 10.1. The van der Waals surface area contributed by atoms with Crippen LogP contribution in [0.25, 0.3) is 0 Å². The summed E-state index contributed by atoms with van der Waals surface area (Å²) in [7, 11) is 0. The Labute approximate surface area is 117 Å². The first kappa shape index (κ1) is 13.9. The van der Waals surface area contributed by atoms with Crippen molar-refractivity contribution < 1.29 is 14.7 Å². The third-order valence-corrected chi connectivity index (χ3v) is 3.40. The van der Waals surface area contributed by atoms with Gasteiger partial charge in [0, 0.05) is 17.3 Å². The van der Waals surface area contributed by atoms with E-state index in [2.05, 4.69) is 16.6 Å². The van der Waals surface area contributed by atoms with Gasteiger partial charge in [0.25, 0.3) is 0 Å². The van der Waals surface area contributed by atoms with Gasteiger partial charge >= 0.3 is 12.0 Å². The van der Waals surface area contributed by atoms with E-state index >= 15 is 0 Å². The highest BCUT2D eigenvalue weighted by Crippen LogP contribution is 2.25. The van der Waals surface area contributed by atoms with Gasteiger partial charge in [-0.1, -0.05) is 12.0 Å². The van der Waals surface area contributed by atoms with E-state index in [0.29, 0.717) is 30.5 Å². The quantitative estimate of drug-likeness (QED) is 0.737. The summed E-state index contributed by atoms with van der Waals surface area (Å²) in [5.74, 6) is 1.34. The van der Waals surface area contributed by atoms with E-state index in [-0.39, 0.29) is 18.0 Å². The van der Waals surface area contributed by atoms with Gasteiger partial charge in [-0.2, -0.15) is 0 Å². The van der Waals surface area contributed by atoms with Crippen LogP contribution < -0.4 is 10.6 Å². The number of hydrogen-bond donors (Lipinski definition) is 3. The zero-order valence-electron chi connectivity index (χ0n) is 10.9. The fourth-order valence-corrected chi connectivity index (χ4v) is 2.38. The average Bonchev–Trinajstić information content (AvgIpc) is 2.87. The molecule has 0 aromatic heterocycles. The van der Waals surface area contributed by atoms with Crippen LogP contribution in [0.2, 0.25) is 0 Å². The number of urea groups is 1. The molecule has 2 amide bonds. The largest absolute Gasteiger partial charge is 0.481 e. The van der Waals surface area contributed by atoms with Gasteiger partial charge in [-0.25, -0.2) is 4.79 Å². The zero-order valence-corrected chi connectivity index (χ0v) is 10.9. The van der Waals surface area contributed by atoms with Gasteiger partial charge in [-0.05, 0) is 37.5 Å². The molecular formula is C15H16N2O3. The summed E-state index contributed by atoms with van der Waals surface area (Å²) in [5.41, 5.74) is 1.31. The average molecular weight is 272 g/mol. The Kier molecular flexibility index (Phi) is 4.26. The molecule has 0 heterocycles. The second-order valence-electron chi connectivity index (χ2n) is 4.87. The molecule has 0 spiro atoms. The fraction of sp³-hybridized carbons (Fsp3) is 0.333. The summed E-state index contributed by atoms with van der Waals surface area (Å²) in [6, 6.07) is 6.56. The fourth-order valence-electron chi connectivity index (χ4n) is 2.38. The van der Waals surface area contributed by atoms with Crippen molar-refractivity contribution in [3.8, 4) is 12.3 Å². The Hall–Kier alpha value is -2.48. The van der Waals surface area contributed by atoms with Gasteiger partial charge in [0.2, 0.25) is 0 Å². The molecule has 1 aliphatic rings. The summed E-state index contributed by atoms with van der Waals surface area (Å²) in [6.45, 7) is 0. The molecule has 0 saturated heterocycles. The minimum atomic E-state index is -0.795. The van der Waals surface area contributed by atoms with Crippen LogP contribution in [0.5, 0.6) is 0 Å². The van der Waals surface area contributed by atoms with Gasteiger partial charge in [0.1, 0.15) is 0 Å². The summed E-state index contributed by atoms with van der Waals surface area (Å²) >= 11 is 0. The number of carbonyl (C=O) groups excluding carboxylic acids is 1. The molecule has 5 nitrogen and oxygen atoms in total. The molecule has 20 heavy (non-hydrogen) atoms. The predicted octanol–water partition coefficient (Wildman–Crippen LogP) is 2.04. The Bertz CT molecular complexity index is 562.